The first-order valence-electron chi connectivity index (χ1n) is 10.2. The van der Waals surface area contributed by atoms with Crippen LogP contribution in [-0.4, -0.2) is 38.0 Å². The van der Waals surface area contributed by atoms with Gasteiger partial charge in [-0.25, -0.2) is 4.39 Å². The van der Waals surface area contributed by atoms with Crippen molar-refractivity contribution in [1.29, 1.82) is 0 Å². The molecule has 0 N–H and O–H groups in total. The van der Waals surface area contributed by atoms with E-state index >= 15 is 0 Å². The lowest BCUT2D eigenvalue weighted by Gasteiger charge is -2.32. The van der Waals surface area contributed by atoms with Crippen LogP contribution in [0.5, 0.6) is 5.75 Å². The topological polar surface area (TPSA) is 69.2 Å². The molecule has 0 bridgehead atoms. The molecule has 1 aromatic carbocycles. The van der Waals surface area contributed by atoms with E-state index in [1.54, 1.807) is 12.1 Å². The van der Waals surface area contributed by atoms with Gasteiger partial charge in [-0.1, -0.05) is 11.6 Å². The third kappa shape index (κ3) is 5.00. The highest BCUT2D eigenvalue weighted by molar-refractivity contribution is 5.22. The number of rotatable bonds is 8. The molecule has 1 unspecified atom stereocenters. The van der Waals surface area contributed by atoms with E-state index in [0.717, 1.165) is 32.5 Å². The van der Waals surface area contributed by atoms with Crippen LogP contribution in [0.15, 0.2) is 41.2 Å². The molecule has 4 rings (SSSR count). The molecule has 1 atom stereocenters. The van der Waals surface area contributed by atoms with E-state index in [1.165, 1.54) is 24.1 Å². The Morgan fingerprint density at radius 3 is 2.90 bits per heavy atom. The van der Waals surface area contributed by atoms with Gasteiger partial charge in [0.25, 0.3) is 0 Å². The zero-order valence-corrected chi connectivity index (χ0v) is 16.6. The number of nitrogens with zero attached hydrogens (tertiary/aromatic N) is 5. The molecule has 1 aliphatic rings. The number of piperidine rings is 1. The summed E-state index contributed by atoms with van der Waals surface area (Å²) >= 11 is 0. The minimum Gasteiger partial charge on any atom is -0.493 e. The molecule has 3 aromatic rings. The smallest absolute Gasteiger partial charge is 0.244 e. The lowest BCUT2D eigenvalue weighted by molar-refractivity contribution is 0.111. The molecule has 0 radical (unpaired) electrons. The van der Waals surface area contributed by atoms with Gasteiger partial charge in [0.1, 0.15) is 11.6 Å². The van der Waals surface area contributed by atoms with Crippen LogP contribution in [0.2, 0.25) is 0 Å². The molecule has 8 heteroatoms. The summed E-state index contributed by atoms with van der Waals surface area (Å²) in [4.78, 5) is 7.01. The first kappa shape index (κ1) is 19.6. The maximum atomic E-state index is 12.9. The van der Waals surface area contributed by atoms with E-state index in [1.807, 2.05) is 10.9 Å². The largest absolute Gasteiger partial charge is 0.493 e. The Balaban J connectivity index is 1.35. The molecule has 7 nitrogen and oxygen atoms in total. The minimum absolute atomic E-state index is 0.132. The molecular weight excluding hydrogens is 373 g/mol. The maximum Gasteiger partial charge on any atom is 0.244 e. The Kier molecular flexibility index (Phi) is 6.19. The standard InChI is InChI=1S/C21H26FN5O2/c1-2-27-15-16(13-23-27)14-26-11-4-3-5-19(26)21-24-20(25-29-21)10-12-28-18-8-6-17(22)7-9-18/h6-9,13,15,19H,2-5,10-12,14H2,1H3. The summed E-state index contributed by atoms with van der Waals surface area (Å²) in [7, 11) is 0. The fourth-order valence-electron chi connectivity index (χ4n) is 3.65. The van der Waals surface area contributed by atoms with E-state index in [2.05, 4.69) is 33.3 Å². The molecule has 1 fully saturated rings. The normalized spacial score (nSPS) is 17.5. The fraction of sp³-hybridized carbons (Fsp3) is 0.476. The molecule has 0 amide bonds. The number of aryl methyl sites for hydroxylation is 1. The highest BCUT2D eigenvalue weighted by Crippen LogP contribution is 2.31. The number of aromatic nitrogens is 4. The van der Waals surface area contributed by atoms with E-state index in [0.29, 0.717) is 30.5 Å². The van der Waals surface area contributed by atoms with Crippen molar-refractivity contribution in [2.45, 2.75) is 51.7 Å². The molecule has 0 saturated carbocycles. The molecule has 2 aromatic heterocycles. The highest BCUT2D eigenvalue weighted by atomic mass is 19.1. The zero-order valence-electron chi connectivity index (χ0n) is 16.6. The van der Waals surface area contributed by atoms with Crippen molar-refractivity contribution in [2.24, 2.45) is 0 Å². The highest BCUT2D eigenvalue weighted by Gasteiger charge is 2.29. The summed E-state index contributed by atoms with van der Waals surface area (Å²) < 4.78 is 26.1. The van der Waals surface area contributed by atoms with Crippen LogP contribution in [0.1, 0.15) is 49.5 Å². The molecule has 29 heavy (non-hydrogen) atoms. The third-order valence-corrected chi connectivity index (χ3v) is 5.19. The number of hydrogen-bond donors (Lipinski definition) is 0. The van der Waals surface area contributed by atoms with E-state index in [9.17, 15) is 4.39 Å². The van der Waals surface area contributed by atoms with E-state index in [4.69, 9.17) is 9.26 Å². The average Bonchev–Trinajstić information content (AvgIpc) is 3.39. The van der Waals surface area contributed by atoms with Gasteiger partial charge >= 0.3 is 0 Å². The van der Waals surface area contributed by atoms with Gasteiger partial charge in [0.2, 0.25) is 5.89 Å². The van der Waals surface area contributed by atoms with E-state index < -0.39 is 0 Å². The maximum absolute atomic E-state index is 12.9. The van der Waals surface area contributed by atoms with Crippen LogP contribution in [0.3, 0.4) is 0 Å². The van der Waals surface area contributed by atoms with Crippen LogP contribution in [0, 0.1) is 5.82 Å². The molecule has 1 saturated heterocycles. The quantitative estimate of drug-likeness (QED) is 0.574. The Labute approximate surface area is 169 Å². The summed E-state index contributed by atoms with van der Waals surface area (Å²) in [5.41, 5.74) is 1.20. The molecule has 3 heterocycles. The summed E-state index contributed by atoms with van der Waals surface area (Å²) in [5.74, 6) is 1.65. The molecule has 0 aliphatic carbocycles. The third-order valence-electron chi connectivity index (χ3n) is 5.19. The minimum atomic E-state index is -0.278. The predicted octanol–water partition coefficient (Wildman–Crippen LogP) is 3.77. The van der Waals surface area contributed by atoms with Gasteiger partial charge < -0.3 is 9.26 Å². The first-order valence-corrected chi connectivity index (χ1v) is 10.2. The zero-order chi connectivity index (χ0) is 20.1. The second-order valence-electron chi connectivity index (χ2n) is 7.29. The van der Waals surface area contributed by atoms with Crippen molar-refractivity contribution in [3.05, 3.63) is 59.8 Å². The van der Waals surface area contributed by atoms with Gasteiger partial charge in [0, 0.05) is 31.3 Å². The lowest BCUT2D eigenvalue weighted by atomic mass is 10.0. The Morgan fingerprint density at radius 1 is 1.24 bits per heavy atom. The van der Waals surface area contributed by atoms with Gasteiger partial charge in [-0.2, -0.15) is 10.1 Å². The molecule has 0 spiro atoms. The van der Waals surface area contributed by atoms with Gasteiger partial charge in [-0.15, -0.1) is 0 Å². The fourth-order valence-corrected chi connectivity index (χ4v) is 3.65. The number of benzene rings is 1. The Hall–Kier alpha value is -2.74. The number of likely N-dealkylation sites (tertiary alicyclic amines) is 1. The van der Waals surface area contributed by atoms with Crippen molar-refractivity contribution >= 4 is 0 Å². The van der Waals surface area contributed by atoms with Crippen molar-refractivity contribution in [3.63, 3.8) is 0 Å². The van der Waals surface area contributed by atoms with Crippen molar-refractivity contribution < 1.29 is 13.7 Å². The van der Waals surface area contributed by atoms with Crippen molar-refractivity contribution in [3.8, 4) is 5.75 Å². The van der Waals surface area contributed by atoms with Gasteiger partial charge in [-0.3, -0.25) is 9.58 Å². The Bertz CT molecular complexity index is 908. The molecule has 1 aliphatic heterocycles. The average molecular weight is 399 g/mol. The number of hydrogen-bond acceptors (Lipinski definition) is 6. The van der Waals surface area contributed by atoms with Crippen LogP contribution < -0.4 is 4.74 Å². The van der Waals surface area contributed by atoms with Gasteiger partial charge in [0.15, 0.2) is 5.82 Å². The van der Waals surface area contributed by atoms with Crippen LogP contribution in [0.25, 0.3) is 0 Å². The van der Waals surface area contributed by atoms with Gasteiger partial charge in [-0.05, 0) is 50.6 Å². The van der Waals surface area contributed by atoms with Gasteiger partial charge in [0.05, 0.1) is 18.8 Å². The molecule has 154 valence electrons. The number of ether oxygens (including phenoxy) is 1. The molecular formula is C21H26FN5O2. The summed E-state index contributed by atoms with van der Waals surface area (Å²) in [6, 6.07) is 6.11. The SMILES string of the molecule is CCn1cc(CN2CCCCC2c2nc(CCOc3ccc(F)cc3)no2)cn1. The van der Waals surface area contributed by atoms with Crippen LogP contribution >= 0.6 is 0 Å². The monoisotopic (exact) mass is 399 g/mol. The predicted molar refractivity (Wildman–Crippen MR) is 105 cm³/mol. The summed E-state index contributed by atoms with van der Waals surface area (Å²) in [6.07, 6.45) is 7.90. The lowest BCUT2D eigenvalue weighted by Crippen LogP contribution is -2.33. The first-order chi connectivity index (χ1) is 14.2. The van der Waals surface area contributed by atoms with Crippen LogP contribution in [-0.2, 0) is 19.5 Å². The van der Waals surface area contributed by atoms with Crippen molar-refractivity contribution in [1.82, 2.24) is 24.8 Å². The van der Waals surface area contributed by atoms with Crippen LogP contribution in [0.4, 0.5) is 4.39 Å². The number of halogens is 1. The Morgan fingerprint density at radius 2 is 2.10 bits per heavy atom. The van der Waals surface area contributed by atoms with E-state index in [-0.39, 0.29) is 11.9 Å². The van der Waals surface area contributed by atoms with Crippen molar-refractivity contribution in [2.75, 3.05) is 13.2 Å². The second kappa shape index (κ2) is 9.17. The summed E-state index contributed by atoms with van der Waals surface area (Å²) in [6.45, 7) is 5.20. The second-order valence-corrected chi connectivity index (χ2v) is 7.29. The summed E-state index contributed by atoms with van der Waals surface area (Å²) in [5, 5.41) is 8.50.